The Hall–Kier alpha value is -2.93. The summed E-state index contributed by atoms with van der Waals surface area (Å²) < 4.78 is 1.75. The molecule has 7 heteroatoms. The molecule has 1 aliphatic carbocycles. The van der Waals surface area contributed by atoms with E-state index < -0.39 is 0 Å². The monoisotopic (exact) mass is 434 g/mol. The van der Waals surface area contributed by atoms with Gasteiger partial charge in [0.05, 0.1) is 18.0 Å². The van der Waals surface area contributed by atoms with Crippen LogP contribution in [0.5, 0.6) is 0 Å². The molecule has 0 fully saturated rings. The first-order valence-corrected chi connectivity index (χ1v) is 11.5. The van der Waals surface area contributed by atoms with Crippen molar-refractivity contribution in [3.05, 3.63) is 81.2 Å². The van der Waals surface area contributed by atoms with Crippen LogP contribution in [0, 0.1) is 13.8 Å². The predicted octanol–water partition coefficient (Wildman–Crippen LogP) is 3.91. The third kappa shape index (κ3) is 4.88. The summed E-state index contributed by atoms with van der Waals surface area (Å²) in [5, 5.41) is 3.67. The fourth-order valence-corrected chi connectivity index (χ4v) is 4.77. The second kappa shape index (κ2) is 9.47. The van der Waals surface area contributed by atoms with Gasteiger partial charge in [0.2, 0.25) is 5.91 Å². The molecular weight excluding hydrogens is 408 g/mol. The third-order valence-electron chi connectivity index (χ3n) is 5.72. The van der Waals surface area contributed by atoms with Crippen LogP contribution in [0.4, 0.5) is 5.69 Å². The number of nitrogens with one attached hydrogen (secondary N) is 1. The van der Waals surface area contributed by atoms with Gasteiger partial charge < -0.3 is 5.32 Å². The zero-order valence-electron chi connectivity index (χ0n) is 17.9. The molecule has 0 bridgehead atoms. The predicted molar refractivity (Wildman–Crippen MR) is 124 cm³/mol. The van der Waals surface area contributed by atoms with Gasteiger partial charge in [-0.25, -0.2) is 4.79 Å². The summed E-state index contributed by atoms with van der Waals surface area (Å²) in [4.78, 5) is 34.1. The second-order valence-electron chi connectivity index (χ2n) is 7.82. The van der Waals surface area contributed by atoms with Crippen molar-refractivity contribution in [3.63, 3.8) is 0 Å². The molecule has 0 saturated heterocycles. The number of thioether (sulfide) groups is 1. The highest BCUT2D eigenvalue weighted by atomic mass is 32.2. The Morgan fingerprint density at radius 3 is 2.77 bits per heavy atom. The molecule has 0 unspecified atom stereocenters. The molecule has 0 saturated carbocycles. The molecule has 1 amide bonds. The van der Waals surface area contributed by atoms with Gasteiger partial charge in [-0.1, -0.05) is 30.0 Å². The van der Waals surface area contributed by atoms with Crippen molar-refractivity contribution in [3.8, 4) is 0 Å². The SMILES string of the molecule is Cc1cccc(NC(=O)CSc2nc(=O)n(Cc3ccccn3)c3c2CCCC3)c1C. The Morgan fingerprint density at radius 2 is 1.97 bits per heavy atom. The number of amides is 1. The lowest BCUT2D eigenvalue weighted by Crippen LogP contribution is -2.31. The number of anilines is 1. The minimum atomic E-state index is -0.274. The van der Waals surface area contributed by atoms with Gasteiger partial charge in [0.1, 0.15) is 5.03 Å². The molecule has 1 aliphatic rings. The average Bonchev–Trinajstić information content (AvgIpc) is 2.78. The number of aryl methyl sites for hydroxylation is 1. The summed E-state index contributed by atoms with van der Waals surface area (Å²) in [7, 11) is 0. The van der Waals surface area contributed by atoms with Crippen molar-refractivity contribution < 1.29 is 4.79 Å². The standard InChI is InChI=1S/C24H26N4O2S/c1-16-8-7-11-20(17(16)2)26-22(29)15-31-23-19-10-3-4-12-21(19)28(24(30)27-23)14-18-9-5-6-13-25-18/h5-9,11,13H,3-4,10,12,14-15H2,1-2H3,(H,26,29). The van der Waals surface area contributed by atoms with Gasteiger partial charge in [-0.3, -0.25) is 14.3 Å². The number of fused-ring (bicyclic) bond motifs is 1. The van der Waals surface area contributed by atoms with Gasteiger partial charge >= 0.3 is 5.69 Å². The molecule has 6 nitrogen and oxygen atoms in total. The van der Waals surface area contributed by atoms with Crippen LogP contribution in [-0.4, -0.2) is 26.2 Å². The highest BCUT2D eigenvalue weighted by molar-refractivity contribution is 8.00. The maximum absolute atomic E-state index is 12.8. The van der Waals surface area contributed by atoms with Crippen LogP contribution in [-0.2, 0) is 24.2 Å². The van der Waals surface area contributed by atoms with Crippen molar-refractivity contribution in [1.29, 1.82) is 0 Å². The van der Waals surface area contributed by atoms with Crippen LogP contribution in [0.15, 0.2) is 52.4 Å². The molecule has 0 aliphatic heterocycles. The first-order chi connectivity index (χ1) is 15.0. The molecule has 2 aromatic heterocycles. The first-order valence-electron chi connectivity index (χ1n) is 10.5. The van der Waals surface area contributed by atoms with Gasteiger partial charge in [0.25, 0.3) is 0 Å². The number of rotatable bonds is 6. The first kappa shape index (κ1) is 21.3. The van der Waals surface area contributed by atoms with Gasteiger partial charge in [0, 0.05) is 23.1 Å². The summed E-state index contributed by atoms with van der Waals surface area (Å²) in [5.41, 5.74) is 5.73. The minimum Gasteiger partial charge on any atom is -0.325 e. The van der Waals surface area contributed by atoms with Crippen molar-refractivity contribution >= 4 is 23.4 Å². The summed E-state index contributed by atoms with van der Waals surface area (Å²) >= 11 is 1.35. The van der Waals surface area contributed by atoms with E-state index in [1.165, 1.54) is 11.8 Å². The maximum atomic E-state index is 12.8. The smallest absolute Gasteiger partial charge is 0.325 e. The van der Waals surface area contributed by atoms with Crippen LogP contribution in [0.2, 0.25) is 0 Å². The Labute approximate surface area is 186 Å². The van der Waals surface area contributed by atoms with E-state index in [-0.39, 0.29) is 17.3 Å². The molecule has 31 heavy (non-hydrogen) atoms. The normalized spacial score (nSPS) is 13.0. The van der Waals surface area contributed by atoms with E-state index in [0.717, 1.165) is 59.4 Å². The van der Waals surface area contributed by atoms with Crippen molar-refractivity contribution in [2.24, 2.45) is 0 Å². The van der Waals surface area contributed by atoms with E-state index in [1.807, 2.05) is 50.2 Å². The highest BCUT2D eigenvalue weighted by Crippen LogP contribution is 2.29. The van der Waals surface area contributed by atoms with E-state index in [0.29, 0.717) is 11.6 Å². The van der Waals surface area contributed by atoms with Gasteiger partial charge in [-0.05, 0) is 68.9 Å². The number of carbonyl (C=O) groups is 1. The Kier molecular flexibility index (Phi) is 6.51. The number of aromatic nitrogens is 3. The molecule has 4 rings (SSSR count). The molecular formula is C24H26N4O2S. The van der Waals surface area contributed by atoms with Crippen LogP contribution in [0.1, 0.15) is 40.9 Å². The molecule has 0 atom stereocenters. The lowest BCUT2D eigenvalue weighted by Gasteiger charge is -2.22. The molecule has 160 valence electrons. The number of carbonyl (C=O) groups excluding carboxylic acids is 1. The number of benzene rings is 1. The summed E-state index contributed by atoms with van der Waals surface area (Å²) in [5.74, 6) is 0.124. The van der Waals surface area contributed by atoms with Crippen molar-refractivity contribution in [2.45, 2.75) is 51.1 Å². The Balaban J connectivity index is 1.53. The molecule has 2 heterocycles. The third-order valence-corrected chi connectivity index (χ3v) is 6.73. The zero-order chi connectivity index (χ0) is 21.8. The zero-order valence-corrected chi connectivity index (χ0v) is 18.7. The number of pyridine rings is 1. The molecule has 1 aromatic carbocycles. The summed E-state index contributed by atoms with van der Waals surface area (Å²) in [6.45, 7) is 4.44. The molecule has 1 N–H and O–H groups in total. The topological polar surface area (TPSA) is 76.9 Å². The quantitative estimate of drug-likeness (QED) is 0.470. The number of hydrogen-bond acceptors (Lipinski definition) is 5. The Morgan fingerprint density at radius 1 is 1.13 bits per heavy atom. The largest absolute Gasteiger partial charge is 0.349 e. The minimum absolute atomic E-state index is 0.0947. The van der Waals surface area contributed by atoms with E-state index in [1.54, 1.807) is 10.8 Å². The highest BCUT2D eigenvalue weighted by Gasteiger charge is 2.21. The molecule has 3 aromatic rings. The number of hydrogen-bond donors (Lipinski definition) is 1. The van der Waals surface area contributed by atoms with Crippen LogP contribution >= 0.6 is 11.8 Å². The lowest BCUT2D eigenvalue weighted by atomic mass is 9.97. The van der Waals surface area contributed by atoms with E-state index in [9.17, 15) is 9.59 Å². The fraction of sp³-hybridized carbons (Fsp3) is 0.333. The van der Waals surface area contributed by atoms with Crippen LogP contribution < -0.4 is 11.0 Å². The molecule has 0 radical (unpaired) electrons. The number of nitrogens with zero attached hydrogens (tertiary/aromatic N) is 3. The lowest BCUT2D eigenvalue weighted by molar-refractivity contribution is -0.113. The Bertz CT molecular complexity index is 1160. The molecule has 0 spiro atoms. The van der Waals surface area contributed by atoms with Crippen molar-refractivity contribution in [1.82, 2.24) is 14.5 Å². The van der Waals surface area contributed by atoms with E-state index in [2.05, 4.69) is 15.3 Å². The fourth-order valence-electron chi connectivity index (χ4n) is 3.89. The van der Waals surface area contributed by atoms with Crippen LogP contribution in [0.3, 0.4) is 0 Å². The van der Waals surface area contributed by atoms with Gasteiger partial charge in [0.15, 0.2) is 0 Å². The van der Waals surface area contributed by atoms with Gasteiger partial charge in [-0.2, -0.15) is 4.98 Å². The second-order valence-corrected chi connectivity index (χ2v) is 8.79. The average molecular weight is 435 g/mol. The maximum Gasteiger partial charge on any atom is 0.349 e. The van der Waals surface area contributed by atoms with E-state index in [4.69, 9.17) is 0 Å². The summed E-state index contributed by atoms with van der Waals surface area (Å²) in [6, 6.07) is 11.6. The summed E-state index contributed by atoms with van der Waals surface area (Å²) in [6.07, 6.45) is 5.58. The van der Waals surface area contributed by atoms with Crippen molar-refractivity contribution in [2.75, 3.05) is 11.1 Å². The van der Waals surface area contributed by atoms with E-state index >= 15 is 0 Å². The van der Waals surface area contributed by atoms with Gasteiger partial charge in [-0.15, -0.1) is 0 Å². The van der Waals surface area contributed by atoms with Crippen LogP contribution in [0.25, 0.3) is 0 Å².